The van der Waals surface area contributed by atoms with E-state index in [1.165, 1.54) is 12.4 Å². The van der Waals surface area contributed by atoms with Crippen molar-refractivity contribution in [2.24, 2.45) is 21.7 Å². The molecule has 6 nitrogen and oxygen atoms in total. The van der Waals surface area contributed by atoms with Gasteiger partial charge in [0.2, 0.25) is 0 Å². The van der Waals surface area contributed by atoms with Gasteiger partial charge in [-0.05, 0) is 19.3 Å². The maximum Gasteiger partial charge on any atom is 0.305 e. The van der Waals surface area contributed by atoms with Crippen LogP contribution in [0.4, 0.5) is 0 Å². The molecule has 0 saturated carbocycles. The van der Waals surface area contributed by atoms with Crippen molar-refractivity contribution in [2.45, 2.75) is 40.0 Å². The van der Waals surface area contributed by atoms with E-state index in [9.17, 15) is 10.1 Å². The first-order valence-electron chi connectivity index (χ1n) is 7.37. The Labute approximate surface area is 133 Å². The number of carbonyl (C=O) groups excluding carboxylic acids is 1. The van der Waals surface area contributed by atoms with Crippen molar-refractivity contribution in [3.63, 3.8) is 0 Å². The second kappa shape index (κ2) is 10.6. The molecule has 1 atom stereocenters. The molecule has 1 unspecified atom stereocenters. The Hall–Kier alpha value is -2.16. The van der Waals surface area contributed by atoms with Crippen LogP contribution in [0.15, 0.2) is 35.9 Å². The Morgan fingerprint density at radius 1 is 1.50 bits per heavy atom. The van der Waals surface area contributed by atoms with Crippen molar-refractivity contribution in [1.82, 2.24) is 5.01 Å². The van der Waals surface area contributed by atoms with E-state index in [-0.39, 0.29) is 18.3 Å². The number of esters is 1. The van der Waals surface area contributed by atoms with E-state index >= 15 is 0 Å². The minimum absolute atomic E-state index is 0.196. The number of rotatable bonds is 11. The molecule has 0 heterocycles. The van der Waals surface area contributed by atoms with Crippen molar-refractivity contribution in [3.8, 4) is 6.07 Å². The summed E-state index contributed by atoms with van der Waals surface area (Å²) in [5.41, 5.74) is -0.496. The fourth-order valence-corrected chi connectivity index (χ4v) is 1.60. The Morgan fingerprint density at radius 3 is 2.68 bits per heavy atom. The first-order valence-corrected chi connectivity index (χ1v) is 7.37. The molecular formula is C16H26N4O2. The summed E-state index contributed by atoms with van der Waals surface area (Å²) in [5.74, 6) is -0.0818. The number of hydrogen-bond donors (Lipinski definition) is 0. The van der Waals surface area contributed by atoms with E-state index in [4.69, 9.17) is 4.74 Å². The Balaban J connectivity index is 4.01. The number of ether oxygens (including phenoxy) is 1. The molecule has 0 aromatic heterocycles. The van der Waals surface area contributed by atoms with Crippen LogP contribution in [0.2, 0.25) is 0 Å². The van der Waals surface area contributed by atoms with E-state index in [0.717, 1.165) is 0 Å². The van der Waals surface area contributed by atoms with Crippen LogP contribution >= 0.6 is 0 Å². The summed E-state index contributed by atoms with van der Waals surface area (Å²) in [6.45, 7) is 13.7. The highest BCUT2D eigenvalue weighted by Gasteiger charge is 2.28. The number of nitrogens with zero attached hydrogens (tertiary/aromatic N) is 4. The predicted octanol–water partition coefficient (Wildman–Crippen LogP) is 3.84. The third-order valence-corrected chi connectivity index (χ3v) is 3.63. The van der Waals surface area contributed by atoms with Gasteiger partial charge in [-0.2, -0.15) is 5.26 Å². The van der Waals surface area contributed by atoms with Crippen LogP contribution in [0.1, 0.15) is 40.0 Å². The summed E-state index contributed by atoms with van der Waals surface area (Å²) in [6.07, 6.45) is 4.25. The van der Waals surface area contributed by atoms with Crippen LogP contribution in [-0.4, -0.2) is 24.1 Å². The van der Waals surface area contributed by atoms with Gasteiger partial charge in [0.25, 0.3) is 0 Å². The van der Waals surface area contributed by atoms with Crippen molar-refractivity contribution in [1.29, 1.82) is 5.26 Å². The van der Waals surface area contributed by atoms with Crippen molar-refractivity contribution < 1.29 is 9.53 Å². The lowest BCUT2D eigenvalue weighted by molar-refractivity contribution is -0.144. The molecule has 0 aliphatic carbocycles. The fraction of sp³-hybridized carbons (Fsp3) is 0.625. The summed E-state index contributed by atoms with van der Waals surface area (Å²) in [5, 5.41) is 18.2. The zero-order valence-electron chi connectivity index (χ0n) is 13.8. The summed E-state index contributed by atoms with van der Waals surface area (Å²) in [4.78, 5) is 11.7. The summed E-state index contributed by atoms with van der Waals surface area (Å²) in [6, 6.07) is 2.29. The van der Waals surface area contributed by atoms with Gasteiger partial charge in [0, 0.05) is 31.8 Å². The third-order valence-electron chi connectivity index (χ3n) is 3.63. The molecule has 0 aromatic carbocycles. The Kier molecular flexibility index (Phi) is 9.51. The molecule has 0 fully saturated rings. The summed E-state index contributed by atoms with van der Waals surface area (Å²) < 4.78 is 5.16. The van der Waals surface area contributed by atoms with E-state index in [1.54, 1.807) is 5.01 Å². The molecule has 22 heavy (non-hydrogen) atoms. The molecule has 0 rings (SSSR count). The maximum atomic E-state index is 11.7. The average Bonchev–Trinajstić information content (AvgIpc) is 2.51. The van der Waals surface area contributed by atoms with Crippen LogP contribution < -0.4 is 0 Å². The van der Waals surface area contributed by atoms with E-state index in [2.05, 4.69) is 29.6 Å². The molecule has 0 aliphatic rings. The van der Waals surface area contributed by atoms with Gasteiger partial charge in [-0.3, -0.25) is 9.80 Å². The highest BCUT2D eigenvalue weighted by atomic mass is 16.5. The first kappa shape index (κ1) is 19.8. The van der Waals surface area contributed by atoms with Crippen molar-refractivity contribution in [3.05, 3.63) is 25.6 Å². The van der Waals surface area contributed by atoms with Crippen LogP contribution in [0.5, 0.6) is 0 Å². The second-order valence-electron chi connectivity index (χ2n) is 5.49. The smallest absolute Gasteiger partial charge is 0.305 e. The lowest BCUT2D eigenvalue weighted by Gasteiger charge is -2.25. The molecular weight excluding hydrogens is 280 g/mol. The van der Waals surface area contributed by atoms with Gasteiger partial charge in [-0.1, -0.05) is 32.2 Å². The normalized spacial score (nSPS) is 13.4. The quantitative estimate of drug-likeness (QED) is 0.251. The number of nitriles is 1. The molecule has 0 amide bonds. The fourth-order valence-electron chi connectivity index (χ4n) is 1.60. The van der Waals surface area contributed by atoms with Gasteiger partial charge < -0.3 is 4.74 Å². The Morgan fingerprint density at radius 2 is 2.18 bits per heavy atom. The first-order chi connectivity index (χ1) is 10.4. The van der Waals surface area contributed by atoms with Crippen LogP contribution in [0.25, 0.3) is 0 Å². The lowest BCUT2D eigenvalue weighted by atomic mass is 9.77. The average molecular weight is 306 g/mol. The van der Waals surface area contributed by atoms with Crippen molar-refractivity contribution in [2.75, 3.05) is 13.2 Å². The number of hydrogen-bond acceptors (Lipinski definition) is 5. The Bertz CT molecular complexity index is 440. The summed E-state index contributed by atoms with van der Waals surface area (Å²) >= 11 is 0. The predicted molar refractivity (Wildman–Crippen MR) is 85.3 cm³/mol. The van der Waals surface area contributed by atoms with Gasteiger partial charge in [0.1, 0.15) is 0 Å². The monoisotopic (exact) mass is 306 g/mol. The third kappa shape index (κ3) is 7.58. The molecule has 0 aromatic rings. The molecule has 6 heteroatoms. The molecule has 0 radical (unpaired) electrons. The van der Waals surface area contributed by atoms with Crippen LogP contribution in [0, 0.1) is 22.7 Å². The minimum Gasteiger partial charge on any atom is -0.466 e. The second-order valence-corrected chi connectivity index (χ2v) is 5.49. The van der Waals surface area contributed by atoms with E-state index in [1.807, 2.05) is 20.8 Å². The summed E-state index contributed by atoms with van der Waals surface area (Å²) in [7, 11) is 0. The van der Waals surface area contributed by atoms with Gasteiger partial charge in [-0.25, -0.2) is 0 Å². The standard InChI is InChI=1S/C16H26N4O2/c1-6-18-19-20(7-2)11-8-12-22-15(21)9-10-16(5,13-17)14(3)4/h6-7,14H,1-2,8-12H2,3-5H3. The van der Waals surface area contributed by atoms with Gasteiger partial charge in [0.05, 0.1) is 18.1 Å². The molecule has 0 N–H and O–H groups in total. The zero-order chi connectivity index (χ0) is 17.0. The maximum absolute atomic E-state index is 11.7. The highest BCUT2D eigenvalue weighted by Crippen LogP contribution is 2.31. The molecule has 122 valence electrons. The SMILES string of the molecule is C=CN=NN(C=C)CCCOC(=O)CCC(C)(C#N)C(C)C. The molecule has 0 saturated heterocycles. The molecule has 0 bridgehead atoms. The lowest BCUT2D eigenvalue weighted by Crippen LogP contribution is -2.23. The van der Waals surface area contributed by atoms with Gasteiger partial charge in [-0.15, -0.1) is 5.11 Å². The van der Waals surface area contributed by atoms with Gasteiger partial charge >= 0.3 is 5.97 Å². The van der Waals surface area contributed by atoms with Crippen LogP contribution in [0.3, 0.4) is 0 Å². The topological polar surface area (TPSA) is 78.0 Å². The highest BCUT2D eigenvalue weighted by molar-refractivity contribution is 5.69. The van der Waals surface area contributed by atoms with E-state index < -0.39 is 5.41 Å². The van der Waals surface area contributed by atoms with Crippen LogP contribution in [-0.2, 0) is 9.53 Å². The molecule has 0 spiro atoms. The van der Waals surface area contributed by atoms with Gasteiger partial charge in [0.15, 0.2) is 0 Å². The minimum atomic E-state index is -0.496. The van der Waals surface area contributed by atoms with E-state index in [0.29, 0.717) is 26.0 Å². The largest absolute Gasteiger partial charge is 0.466 e. The van der Waals surface area contributed by atoms with Crippen molar-refractivity contribution >= 4 is 5.97 Å². The molecule has 0 aliphatic heterocycles. The number of carbonyl (C=O) groups is 1. The zero-order valence-corrected chi connectivity index (χ0v) is 13.8.